The highest BCUT2D eigenvalue weighted by atomic mass is 32.1. The molecule has 104 valence electrons. The molecule has 2 atom stereocenters. The van der Waals surface area contributed by atoms with Gasteiger partial charge in [-0.2, -0.15) is 0 Å². The van der Waals surface area contributed by atoms with Crippen molar-refractivity contribution < 1.29 is 9.13 Å². The average Bonchev–Trinajstić information content (AvgIpc) is 2.69. The number of halogens is 1. The lowest BCUT2D eigenvalue weighted by Gasteiger charge is -2.26. The van der Waals surface area contributed by atoms with E-state index >= 15 is 0 Å². The van der Waals surface area contributed by atoms with E-state index in [2.05, 4.69) is 11.8 Å². The molecular weight excluding hydrogens is 263 g/mol. The molecule has 0 spiro atoms. The minimum Gasteiger partial charge on any atom is -0.488 e. The quantitative estimate of drug-likeness (QED) is 0.840. The lowest BCUT2D eigenvalue weighted by Crippen LogP contribution is -2.39. The first-order chi connectivity index (χ1) is 8.95. The molecule has 2 N–H and O–H groups in total. The molecule has 1 aromatic carbocycles. The van der Waals surface area contributed by atoms with Gasteiger partial charge in [0.2, 0.25) is 0 Å². The van der Waals surface area contributed by atoms with Crippen molar-refractivity contribution in [3.63, 3.8) is 0 Å². The predicted octanol–water partition coefficient (Wildman–Crippen LogP) is 2.13. The third-order valence-electron chi connectivity index (χ3n) is 3.50. The molecule has 5 heteroatoms. The SMILES string of the molecule is CC(CC(N)=S)N(C)CC1Cc2cc(F)ccc2O1. The molecule has 1 heterocycles. The van der Waals surface area contributed by atoms with Crippen molar-refractivity contribution in [3.8, 4) is 5.75 Å². The molecule has 2 rings (SSSR count). The number of likely N-dealkylation sites (N-methyl/N-ethyl adjacent to an activating group) is 1. The summed E-state index contributed by atoms with van der Waals surface area (Å²) in [7, 11) is 2.02. The minimum atomic E-state index is -0.210. The summed E-state index contributed by atoms with van der Waals surface area (Å²) < 4.78 is 18.9. The zero-order chi connectivity index (χ0) is 14.0. The summed E-state index contributed by atoms with van der Waals surface area (Å²) in [4.78, 5) is 2.70. The van der Waals surface area contributed by atoms with E-state index in [0.29, 0.717) is 11.4 Å². The third-order valence-corrected chi connectivity index (χ3v) is 3.67. The van der Waals surface area contributed by atoms with Crippen LogP contribution in [0.4, 0.5) is 4.39 Å². The van der Waals surface area contributed by atoms with Gasteiger partial charge < -0.3 is 10.5 Å². The van der Waals surface area contributed by atoms with Gasteiger partial charge in [-0.05, 0) is 32.2 Å². The van der Waals surface area contributed by atoms with Crippen molar-refractivity contribution in [2.24, 2.45) is 5.73 Å². The third kappa shape index (κ3) is 3.64. The summed E-state index contributed by atoms with van der Waals surface area (Å²) in [6, 6.07) is 4.96. The van der Waals surface area contributed by atoms with Gasteiger partial charge in [-0.15, -0.1) is 0 Å². The van der Waals surface area contributed by atoms with Crippen LogP contribution in [0.3, 0.4) is 0 Å². The molecule has 0 saturated carbocycles. The minimum absolute atomic E-state index is 0.0654. The van der Waals surface area contributed by atoms with Crippen molar-refractivity contribution in [1.29, 1.82) is 0 Å². The van der Waals surface area contributed by atoms with E-state index < -0.39 is 0 Å². The molecule has 0 aliphatic carbocycles. The summed E-state index contributed by atoms with van der Waals surface area (Å²) in [6.45, 7) is 2.86. The normalized spacial score (nSPS) is 19.1. The van der Waals surface area contributed by atoms with Gasteiger partial charge in [0.15, 0.2) is 0 Å². The van der Waals surface area contributed by atoms with E-state index in [1.807, 2.05) is 7.05 Å². The highest BCUT2D eigenvalue weighted by molar-refractivity contribution is 7.80. The Balaban J connectivity index is 1.91. The fourth-order valence-corrected chi connectivity index (χ4v) is 2.58. The molecule has 0 aromatic heterocycles. The van der Waals surface area contributed by atoms with Crippen LogP contribution in [0.1, 0.15) is 18.9 Å². The molecule has 3 nitrogen and oxygen atoms in total. The van der Waals surface area contributed by atoms with Crippen molar-refractivity contribution >= 4 is 17.2 Å². The summed E-state index contributed by atoms with van der Waals surface area (Å²) in [5.74, 6) is 0.583. The van der Waals surface area contributed by atoms with Crippen LogP contribution in [-0.4, -0.2) is 35.6 Å². The number of hydrogen-bond donors (Lipinski definition) is 1. The maximum Gasteiger partial charge on any atom is 0.123 e. The second kappa shape index (κ2) is 5.84. The van der Waals surface area contributed by atoms with Crippen LogP contribution in [0.5, 0.6) is 5.75 Å². The van der Waals surface area contributed by atoms with Gasteiger partial charge in [0, 0.05) is 31.0 Å². The number of fused-ring (bicyclic) bond motifs is 1. The molecule has 0 amide bonds. The Morgan fingerprint density at radius 1 is 1.63 bits per heavy atom. The van der Waals surface area contributed by atoms with Crippen LogP contribution in [-0.2, 0) is 6.42 Å². The van der Waals surface area contributed by atoms with E-state index in [9.17, 15) is 4.39 Å². The van der Waals surface area contributed by atoms with Crippen molar-refractivity contribution in [2.45, 2.75) is 31.9 Å². The van der Waals surface area contributed by atoms with Gasteiger partial charge in [-0.3, -0.25) is 4.90 Å². The Morgan fingerprint density at radius 2 is 2.37 bits per heavy atom. The molecule has 1 aromatic rings. The second-order valence-electron chi connectivity index (χ2n) is 5.16. The number of thiocarbonyl (C=S) groups is 1. The standard InChI is InChI=1S/C14H19FN2OS/c1-9(5-14(16)19)17(2)8-12-7-10-6-11(15)3-4-13(10)18-12/h3-4,6,9,12H,5,7-8H2,1-2H3,(H2,16,19). The largest absolute Gasteiger partial charge is 0.488 e. The van der Waals surface area contributed by atoms with Crippen LogP contribution in [0.15, 0.2) is 18.2 Å². The zero-order valence-electron chi connectivity index (χ0n) is 11.2. The smallest absolute Gasteiger partial charge is 0.123 e. The number of nitrogens with zero attached hydrogens (tertiary/aromatic N) is 1. The summed E-state index contributed by atoms with van der Waals surface area (Å²) in [5.41, 5.74) is 6.50. The first kappa shape index (κ1) is 14.2. The number of hydrogen-bond acceptors (Lipinski definition) is 3. The Kier molecular flexibility index (Phi) is 4.37. The Labute approximate surface area is 118 Å². The zero-order valence-corrected chi connectivity index (χ0v) is 12.0. The van der Waals surface area contributed by atoms with Crippen molar-refractivity contribution in [3.05, 3.63) is 29.6 Å². The molecule has 0 fully saturated rings. The van der Waals surface area contributed by atoms with E-state index in [1.54, 1.807) is 12.1 Å². The Morgan fingerprint density at radius 3 is 3.05 bits per heavy atom. The Bertz CT molecular complexity index is 481. The lowest BCUT2D eigenvalue weighted by atomic mass is 10.1. The first-order valence-corrected chi connectivity index (χ1v) is 6.80. The molecular formula is C14H19FN2OS. The monoisotopic (exact) mass is 282 g/mol. The molecule has 0 radical (unpaired) electrons. The van der Waals surface area contributed by atoms with Gasteiger partial charge in [0.25, 0.3) is 0 Å². The van der Waals surface area contributed by atoms with E-state index in [1.165, 1.54) is 6.07 Å². The fourth-order valence-electron chi connectivity index (χ4n) is 2.34. The van der Waals surface area contributed by atoms with Crippen LogP contribution >= 0.6 is 12.2 Å². The summed E-state index contributed by atoms with van der Waals surface area (Å²) in [6.07, 6.45) is 1.51. The second-order valence-corrected chi connectivity index (χ2v) is 5.68. The van der Waals surface area contributed by atoms with E-state index in [4.69, 9.17) is 22.7 Å². The number of ether oxygens (including phenoxy) is 1. The van der Waals surface area contributed by atoms with Gasteiger partial charge >= 0.3 is 0 Å². The molecule has 19 heavy (non-hydrogen) atoms. The highest BCUT2D eigenvalue weighted by Gasteiger charge is 2.25. The van der Waals surface area contributed by atoms with E-state index in [-0.39, 0.29) is 18.0 Å². The first-order valence-electron chi connectivity index (χ1n) is 6.39. The van der Waals surface area contributed by atoms with Gasteiger partial charge in [0.1, 0.15) is 17.7 Å². The molecule has 1 aliphatic heterocycles. The van der Waals surface area contributed by atoms with Gasteiger partial charge in [0.05, 0.1) is 4.99 Å². The Hall–Kier alpha value is -1.20. The molecule has 0 saturated heterocycles. The fraction of sp³-hybridized carbons (Fsp3) is 0.500. The van der Waals surface area contributed by atoms with Crippen LogP contribution in [0.2, 0.25) is 0 Å². The maximum absolute atomic E-state index is 13.1. The van der Waals surface area contributed by atoms with Gasteiger partial charge in [-0.25, -0.2) is 4.39 Å². The molecule has 1 aliphatic rings. The molecule has 2 unspecified atom stereocenters. The lowest BCUT2D eigenvalue weighted by molar-refractivity contribution is 0.146. The number of rotatable bonds is 5. The van der Waals surface area contributed by atoms with E-state index in [0.717, 1.165) is 24.3 Å². The van der Waals surface area contributed by atoms with Crippen LogP contribution < -0.4 is 10.5 Å². The summed E-state index contributed by atoms with van der Waals surface area (Å²) in [5, 5.41) is 0. The van der Waals surface area contributed by atoms with Crippen LogP contribution in [0.25, 0.3) is 0 Å². The van der Waals surface area contributed by atoms with Crippen molar-refractivity contribution in [1.82, 2.24) is 4.90 Å². The highest BCUT2D eigenvalue weighted by Crippen LogP contribution is 2.29. The maximum atomic E-state index is 13.1. The topological polar surface area (TPSA) is 38.5 Å². The predicted molar refractivity (Wildman–Crippen MR) is 78.0 cm³/mol. The summed E-state index contributed by atoms with van der Waals surface area (Å²) >= 11 is 4.92. The number of nitrogens with two attached hydrogens (primary N) is 1. The number of benzene rings is 1. The van der Waals surface area contributed by atoms with Crippen molar-refractivity contribution in [2.75, 3.05) is 13.6 Å². The van der Waals surface area contributed by atoms with Gasteiger partial charge in [-0.1, -0.05) is 12.2 Å². The average molecular weight is 282 g/mol. The molecule has 0 bridgehead atoms. The van der Waals surface area contributed by atoms with Crippen LogP contribution in [0, 0.1) is 5.82 Å².